The van der Waals surface area contributed by atoms with Crippen molar-refractivity contribution in [1.29, 1.82) is 0 Å². The van der Waals surface area contributed by atoms with Gasteiger partial charge in [0, 0.05) is 13.2 Å². The van der Waals surface area contributed by atoms with Crippen LogP contribution in [0, 0.1) is 13.8 Å². The molecule has 1 aliphatic carbocycles. The first-order valence-electron chi connectivity index (χ1n) is 7.51. The van der Waals surface area contributed by atoms with Crippen LogP contribution in [0.5, 0.6) is 0 Å². The van der Waals surface area contributed by atoms with E-state index in [1.807, 2.05) is 7.05 Å². The summed E-state index contributed by atoms with van der Waals surface area (Å²) < 4.78 is 5.84. The van der Waals surface area contributed by atoms with E-state index in [0.29, 0.717) is 0 Å². The largest absolute Gasteiger partial charge is 0.380 e. The van der Waals surface area contributed by atoms with Crippen molar-refractivity contribution >= 4 is 5.57 Å². The van der Waals surface area contributed by atoms with Crippen LogP contribution in [0.3, 0.4) is 0 Å². The fourth-order valence-corrected chi connectivity index (χ4v) is 3.49. The summed E-state index contributed by atoms with van der Waals surface area (Å²) >= 11 is 0. The fourth-order valence-electron chi connectivity index (χ4n) is 3.49. The second-order valence-electron chi connectivity index (χ2n) is 5.93. The molecule has 0 heterocycles. The van der Waals surface area contributed by atoms with Crippen LogP contribution in [0.4, 0.5) is 0 Å². The Labute approximate surface area is 123 Å². The maximum atomic E-state index is 5.84. The maximum absolute atomic E-state index is 5.84. The van der Waals surface area contributed by atoms with Gasteiger partial charge in [0.05, 0.1) is 12.0 Å². The van der Waals surface area contributed by atoms with Crippen LogP contribution < -0.4 is 5.32 Å². The number of aryl methyl sites for hydroxylation is 1. The minimum atomic E-state index is -0.0113. The second-order valence-corrected chi connectivity index (χ2v) is 5.93. The quantitative estimate of drug-likeness (QED) is 0.885. The predicted octanol–water partition coefficient (Wildman–Crippen LogP) is 3.60. The van der Waals surface area contributed by atoms with Gasteiger partial charge in [-0.1, -0.05) is 17.7 Å². The lowest BCUT2D eigenvalue weighted by Crippen LogP contribution is -2.41. The lowest BCUT2D eigenvalue weighted by atomic mass is 9.77. The van der Waals surface area contributed by atoms with E-state index in [1.54, 1.807) is 0 Å². The van der Waals surface area contributed by atoms with Gasteiger partial charge in [0.2, 0.25) is 0 Å². The highest BCUT2D eigenvalue weighted by molar-refractivity contribution is 5.81. The molecule has 0 aliphatic heterocycles. The van der Waals surface area contributed by atoms with Gasteiger partial charge in [-0.15, -0.1) is 0 Å². The normalized spacial score (nSPS) is 21.5. The van der Waals surface area contributed by atoms with E-state index < -0.39 is 0 Å². The SMILES string of the molecule is CCOCC1(CNC)C(C)=C(C)c2c1ccc(C)c2C. The summed E-state index contributed by atoms with van der Waals surface area (Å²) in [4.78, 5) is 0. The summed E-state index contributed by atoms with van der Waals surface area (Å²) in [6.07, 6.45) is 0. The monoisotopic (exact) mass is 273 g/mol. The number of benzene rings is 1. The Morgan fingerprint density at radius 2 is 1.85 bits per heavy atom. The summed E-state index contributed by atoms with van der Waals surface area (Å²) in [5.41, 5.74) is 8.51. The fraction of sp³-hybridized carbons (Fsp3) is 0.556. The van der Waals surface area contributed by atoms with Gasteiger partial charge in [0.25, 0.3) is 0 Å². The molecule has 0 radical (unpaired) electrons. The highest BCUT2D eigenvalue weighted by Gasteiger charge is 2.42. The molecule has 1 unspecified atom stereocenters. The summed E-state index contributed by atoms with van der Waals surface area (Å²) in [7, 11) is 2.02. The first-order valence-corrected chi connectivity index (χ1v) is 7.51. The molecule has 0 saturated heterocycles. The average Bonchev–Trinajstić information content (AvgIpc) is 2.64. The van der Waals surface area contributed by atoms with Crippen molar-refractivity contribution in [3.05, 3.63) is 40.0 Å². The van der Waals surface area contributed by atoms with E-state index in [0.717, 1.165) is 19.8 Å². The minimum Gasteiger partial charge on any atom is -0.380 e. The van der Waals surface area contributed by atoms with Crippen molar-refractivity contribution in [1.82, 2.24) is 5.32 Å². The summed E-state index contributed by atoms with van der Waals surface area (Å²) in [6, 6.07) is 4.55. The Kier molecular flexibility index (Phi) is 4.36. The third kappa shape index (κ3) is 2.11. The second kappa shape index (κ2) is 5.71. The first kappa shape index (κ1) is 15.3. The zero-order valence-corrected chi connectivity index (χ0v) is 13.7. The Morgan fingerprint density at radius 3 is 2.45 bits per heavy atom. The van der Waals surface area contributed by atoms with Crippen LogP contribution in [0.1, 0.15) is 43.0 Å². The van der Waals surface area contributed by atoms with Gasteiger partial charge in [-0.2, -0.15) is 0 Å². The third-order valence-electron chi connectivity index (χ3n) is 4.94. The van der Waals surface area contributed by atoms with E-state index in [1.165, 1.54) is 33.4 Å². The number of nitrogens with one attached hydrogen (secondary N) is 1. The molecule has 2 rings (SSSR count). The molecule has 2 heteroatoms. The molecule has 1 aromatic rings. The zero-order chi connectivity index (χ0) is 14.9. The summed E-state index contributed by atoms with van der Waals surface area (Å²) in [5.74, 6) is 0. The van der Waals surface area contributed by atoms with Crippen molar-refractivity contribution in [2.75, 3.05) is 26.8 Å². The van der Waals surface area contributed by atoms with E-state index >= 15 is 0 Å². The first-order chi connectivity index (χ1) is 9.49. The predicted molar refractivity (Wildman–Crippen MR) is 86.3 cm³/mol. The van der Waals surface area contributed by atoms with Gasteiger partial charge in [0.1, 0.15) is 0 Å². The number of fused-ring (bicyclic) bond motifs is 1. The van der Waals surface area contributed by atoms with Crippen LogP contribution in [-0.2, 0) is 10.2 Å². The number of ether oxygens (including phenoxy) is 1. The van der Waals surface area contributed by atoms with E-state index in [-0.39, 0.29) is 5.41 Å². The van der Waals surface area contributed by atoms with Crippen LogP contribution in [0.2, 0.25) is 0 Å². The molecule has 1 aliphatic rings. The zero-order valence-electron chi connectivity index (χ0n) is 13.7. The number of likely N-dealkylation sites (N-methyl/N-ethyl adjacent to an activating group) is 1. The van der Waals surface area contributed by atoms with Crippen LogP contribution in [0.15, 0.2) is 17.7 Å². The average molecular weight is 273 g/mol. The molecule has 0 aromatic heterocycles. The minimum absolute atomic E-state index is 0.0113. The molecule has 2 nitrogen and oxygen atoms in total. The molecule has 0 saturated carbocycles. The lowest BCUT2D eigenvalue weighted by molar-refractivity contribution is 0.106. The molecular formula is C18H27NO. The van der Waals surface area contributed by atoms with Crippen LogP contribution in [0.25, 0.3) is 5.57 Å². The van der Waals surface area contributed by atoms with Gasteiger partial charge in [0.15, 0.2) is 0 Å². The van der Waals surface area contributed by atoms with Gasteiger partial charge in [-0.25, -0.2) is 0 Å². The van der Waals surface area contributed by atoms with Crippen molar-refractivity contribution in [3.63, 3.8) is 0 Å². The lowest BCUT2D eigenvalue weighted by Gasteiger charge is -2.32. The maximum Gasteiger partial charge on any atom is 0.0612 e. The van der Waals surface area contributed by atoms with Gasteiger partial charge in [-0.3, -0.25) is 0 Å². The standard InChI is InChI=1S/C18H27NO/c1-7-20-11-18(10-19-6)15(5)14(4)17-13(3)12(2)8-9-16(17)18/h8-9,19H,7,10-11H2,1-6H3. The molecule has 1 atom stereocenters. The van der Waals surface area contributed by atoms with Crippen molar-refractivity contribution in [2.24, 2.45) is 0 Å². The van der Waals surface area contributed by atoms with Crippen molar-refractivity contribution in [2.45, 2.75) is 40.0 Å². The molecule has 20 heavy (non-hydrogen) atoms. The van der Waals surface area contributed by atoms with Gasteiger partial charge < -0.3 is 10.1 Å². The smallest absolute Gasteiger partial charge is 0.0612 e. The molecular weight excluding hydrogens is 246 g/mol. The highest BCUT2D eigenvalue weighted by Crippen LogP contribution is 2.47. The molecule has 110 valence electrons. The van der Waals surface area contributed by atoms with Gasteiger partial charge in [-0.05, 0) is 69.5 Å². The number of rotatable bonds is 5. The van der Waals surface area contributed by atoms with E-state index in [9.17, 15) is 0 Å². The van der Waals surface area contributed by atoms with Gasteiger partial charge >= 0.3 is 0 Å². The molecule has 0 amide bonds. The molecule has 0 fully saturated rings. The van der Waals surface area contributed by atoms with E-state index in [2.05, 4.69) is 52.1 Å². The topological polar surface area (TPSA) is 21.3 Å². The Balaban J connectivity index is 2.64. The Hall–Kier alpha value is -1.12. The molecule has 0 spiro atoms. The molecule has 1 aromatic carbocycles. The molecule has 0 bridgehead atoms. The Morgan fingerprint density at radius 1 is 1.15 bits per heavy atom. The van der Waals surface area contributed by atoms with Crippen LogP contribution >= 0.6 is 0 Å². The van der Waals surface area contributed by atoms with Crippen molar-refractivity contribution < 1.29 is 4.74 Å². The summed E-state index contributed by atoms with van der Waals surface area (Å²) in [5, 5.41) is 3.37. The number of hydrogen-bond acceptors (Lipinski definition) is 2. The number of allylic oxidation sites excluding steroid dienone is 1. The highest BCUT2D eigenvalue weighted by atomic mass is 16.5. The van der Waals surface area contributed by atoms with E-state index in [4.69, 9.17) is 4.74 Å². The van der Waals surface area contributed by atoms with Crippen LogP contribution in [-0.4, -0.2) is 26.8 Å². The number of hydrogen-bond donors (Lipinski definition) is 1. The Bertz CT molecular complexity index is 545. The molecule has 1 N–H and O–H groups in total. The third-order valence-corrected chi connectivity index (χ3v) is 4.94. The summed E-state index contributed by atoms with van der Waals surface area (Å²) in [6.45, 7) is 13.5. The van der Waals surface area contributed by atoms with Crippen molar-refractivity contribution in [3.8, 4) is 0 Å².